The predicted octanol–water partition coefficient (Wildman–Crippen LogP) is 3.61. The van der Waals surface area contributed by atoms with Gasteiger partial charge >= 0.3 is 0 Å². The van der Waals surface area contributed by atoms with Gasteiger partial charge in [-0.15, -0.1) is 0 Å². The molecule has 0 saturated carbocycles. The van der Waals surface area contributed by atoms with Gasteiger partial charge in [0.15, 0.2) is 0 Å². The van der Waals surface area contributed by atoms with E-state index in [1.807, 2.05) is 0 Å². The average Bonchev–Trinajstić information content (AvgIpc) is 2.40. The van der Waals surface area contributed by atoms with Crippen LogP contribution in [0.1, 0.15) is 0 Å². The van der Waals surface area contributed by atoms with Gasteiger partial charge in [-0.25, -0.2) is 14.4 Å². The van der Waals surface area contributed by atoms with E-state index in [2.05, 4.69) is 9.97 Å². The van der Waals surface area contributed by atoms with Crippen LogP contribution in [-0.2, 0) is 0 Å². The fraction of sp³-hybridized carbons (Fsp3) is 0.167. The molecule has 19 heavy (non-hydrogen) atoms. The van der Waals surface area contributed by atoms with Gasteiger partial charge in [-0.2, -0.15) is 0 Å². The molecule has 0 saturated heterocycles. The maximum Gasteiger partial charge on any atom is 0.236 e. The number of rotatable bonds is 3. The molecule has 0 aliphatic carbocycles. The molecule has 2 aromatic rings. The minimum absolute atomic E-state index is 0.119. The van der Waals surface area contributed by atoms with Crippen LogP contribution >= 0.6 is 23.2 Å². The lowest BCUT2D eigenvalue weighted by Gasteiger charge is -2.10. The summed E-state index contributed by atoms with van der Waals surface area (Å²) in [4.78, 5) is 7.79. The van der Waals surface area contributed by atoms with Gasteiger partial charge < -0.3 is 9.47 Å². The van der Waals surface area contributed by atoms with Crippen molar-refractivity contribution in [2.45, 2.75) is 0 Å². The van der Waals surface area contributed by atoms with Crippen molar-refractivity contribution in [3.8, 4) is 22.9 Å². The standard InChI is InChI=1S/C12H9Cl2FN2O2/c1-18-9-3-6(8(15)4-7(9)13)11-10(14)12(19-2)17-5-16-11/h3-5H,1-2H3. The summed E-state index contributed by atoms with van der Waals surface area (Å²) in [6.07, 6.45) is 1.24. The minimum atomic E-state index is -0.562. The van der Waals surface area contributed by atoms with Gasteiger partial charge in [0.05, 0.1) is 24.9 Å². The third-order valence-corrected chi connectivity index (χ3v) is 3.08. The summed E-state index contributed by atoms with van der Waals surface area (Å²) >= 11 is 11.9. The molecular weight excluding hydrogens is 294 g/mol. The summed E-state index contributed by atoms with van der Waals surface area (Å²) < 4.78 is 24.0. The highest BCUT2D eigenvalue weighted by Crippen LogP contribution is 2.37. The van der Waals surface area contributed by atoms with E-state index >= 15 is 0 Å². The van der Waals surface area contributed by atoms with Crippen molar-refractivity contribution >= 4 is 23.2 Å². The summed E-state index contributed by atoms with van der Waals surface area (Å²) in [6.45, 7) is 0. The lowest BCUT2D eigenvalue weighted by atomic mass is 10.1. The highest BCUT2D eigenvalue weighted by atomic mass is 35.5. The van der Waals surface area contributed by atoms with Crippen LogP contribution in [0.5, 0.6) is 11.6 Å². The van der Waals surface area contributed by atoms with Gasteiger partial charge in [-0.05, 0) is 12.1 Å². The van der Waals surface area contributed by atoms with Crippen molar-refractivity contribution < 1.29 is 13.9 Å². The summed E-state index contributed by atoms with van der Waals surface area (Å²) in [6, 6.07) is 2.56. The number of hydrogen-bond acceptors (Lipinski definition) is 4. The molecule has 0 fully saturated rings. The summed E-state index contributed by atoms with van der Waals surface area (Å²) in [5, 5.41) is 0.286. The van der Waals surface area contributed by atoms with Gasteiger partial charge in [-0.1, -0.05) is 23.2 Å². The van der Waals surface area contributed by atoms with Crippen molar-refractivity contribution in [1.82, 2.24) is 9.97 Å². The summed E-state index contributed by atoms with van der Waals surface area (Å²) in [5.41, 5.74) is 0.368. The van der Waals surface area contributed by atoms with E-state index in [1.54, 1.807) is 0 Å². The molecule has 7 heteroatoms. The molecule has 100 valence electrons. The fourth-order valence-electron chi connectivity index (χ4n) is 1.55. The smallest absolute Gasteiger partial charge is 0.236 e. The Kier molecular flexibility index (Phi) is 4.07. The maximum absolute atomic E-state index is 14.0. The highest BCUT2D eigenvalue weighted by molar-refractivity contribution is 6.34. The quantitative estimate of drug-likeness (QED) is 0.869. The second-order valence-electron chi connectivity index (χ2n) is 3.51. The van der Waals surface area contributed by atoms with E-state index in [-0.39, 0.29) is 27.2 Å². The normalized spacial score (nSPS) is 10.4. The lowest BCUT2D eigenvalue weighted by Crippen LogP contribution is -1.96. The van der Waals surface area contributed by atoms with E-state index in [0.717, 1.165) is 6.07 Å². The molecule has 0 amide bonds. The third kappa shape index (κ3) is 2.57. The molecule has 0 unspecified atom stereocenters. The van der Waals surface area contributed by atoms with Crippen LogP contribution in [0.4, 0.5) is 4.39 Å². The van der Waals surface area contributed by atoms with Crippen LogP contribution in [0.25, 0.3) is 11.3 Å². The number of hydrogen-bond donors (Lipinski definition) is 0. The number of methoxy groups -OCH3 is 2. The monoisotopic (exact) mass is 302 g/mol. The molecule has 1 heterocycles. The molecule has 1 aromatic heterocycles. The third-order valence-electron chi connectivity index (χ3n) is 2.45. The predicted molar refractivity (Wildman–Crippen MR) is 70.6 cm³/mol. The number of ether oxygens (including phenoxy) is 2. The molecular formula is C12H9Cl2FN2O2. The molecule has 0 aliphatic heterocycles. The van der Waals surface area contributed by atoms with Gasteiger partial charge in [0.2, 0.25) is 5.88 Å². The molecule has 0 atom stereocenters. The van der Waals surface area contributed by atoms with E-state index in [1.165, 1.54) is 26.6 Å². The molecule has 2 rings (SSSR count). The molecule has 0 bridgehead atoms. The van der Waals surface area contributed by atoms with E-state index < -0.39 is 5.82 Å². The van der Waals surface area contributed by atoms with E-state index in [4.69, 9.17) is 32.7 Å². The zero-order valence-electron chi connectivity index (χ0n) is 10.1. The van der Waals surface area contributed by atoms with Crippen LogP contribution in [0, 0.1) is 5.82 Å². The van der Waals surface area contributed by atoms with Gasteiger partial charge in [0.25, 0.3) is 0 Å². The molecule has 0 spiro atoms. The van der Waals surface area contributed by atoms with E-state index in [0.29, 0.717) is 5.75 Å². The Labute approximate surface area is 119 Å². The largest absolute Gasteiger partial charge is 0.495 e. The Bertz CT molecular complexity index is 623. The summed E-state index contributed by atoms with van der Waals surface area (Å²) in [7, 11) is 2.85. The zero-order valence-corrected chi connectivity index (χ0v) is 11.6. The van der Waals surface area contributed by atoms with Crippen LogP contribution in [0.2, 0.25) is 10.0 Å². The van der Waals surface area contributed by atoms with E-state index in [9.17, 15) is 4.39 Å². The van der Waals surface area contributed by atoms with Crippen LogP contribution in [0.3, 0.4) is 0 Å². The first-order valence-corrected chi connectivity index (χ1v) is 5.92. The van der Waals surface area contributed by atoms with Crippen molar-refractivity contribution in [1.29, 1.82) is 0 Å². The first-order valence-electron chi connectivity index (χ1n) is 5.16. The number of halogens is 3. The maximum atomic E-state index is 14.0. The first-order chi connectivity index (χ1) is 9.08. The molecule has 0 aliphatic rings. The molecule has 0 N–H and O–H groups in total. The Hall–Kier alpha value is -1.59. The Morgan fingerprint density at radius 3 is 2.47 bits per heavy atom. The number of aromatic nitrogens is 2. The Morgan fingerprint density at radius 1 is 1.11 bits per heavy atom. The van der Waals surface area contributed by atoms with Gasteiger partial charge in [-0.3, -0.25) is 0 Å². The van der Waals surface area contributed by atoms with Crippen LogP contribution in [0.15, 0.2) is 18.5 Å². The average molecular weight is 303 g/mol. The zero-order chi connectivity index (χ0) is 14.0. The lowest BCUT2D eigenvalue weighted by molar-refractivity contribution is 0.397. The van der Waals surface area contributed by atoms with Crippen molar-refractivity contribution in [3.63, 3.8) is 0 Å². The Morgan fingerprint density at radius 2 is 1.84 bits per heavy atom. The van der Waals surface area contributed by atoms with Gasteiger partial charge in [0.1, 0.15) is 22.9 Å². The number of benzene rings is 1. The minimum Gasteiger partial charge on any atom is -0.495 e. The molecule has 0 radical (unpaired) electrons. The second-order valence-corrected chi connectivity index (χ2v) is 4.30. The molecule has 4 nitrogen and oxygen atoms in total. The van der Waals surface area contributed by atoms with Crippen molar-refractivity contribution in [3.05, 3.63) is 34.3 Å². The molecule has 1 aromatic carbocycles. The Balaban J connectivity index is 2.65. The summed E-state index contributed by atoms with van der Waals surface area (Å²) in [5.74, 6) is -0.0693. The highest BCUT2D eigenvalue weighted by Gasteiger charge is 2.17. The first kappa shape index (κ1) is 13.8. The van der Waals surface area contributed by atoms with Crippen LogP contribution in [-0.4, -0.2) is 24.2 Å². The van der Waals surface area contributed by atoms with Gasteiger partial charge in [0, 0.05) is 5.56 Å². The SMILES string of the molecule is COc1cc(-c2ncnc(OC)c2Cl)c(F)cc1Cl. The van der Waals surface area contributed by atoms with Crippen molar-refractivity contribution in [2.75, 3.05) is 14.2 Å². The number of nitrogens with zero attached hydrogens (tertiary/aromatic N) is 2. The topological polar surface area (TPSA) is 44.2 Å². The fourth-order valence-corrected chi connectivity index (χ4v) is 2.05. The second kappa shape index (κ2) is 5.59. The van der Waals surface area contributed by atoms with Crippen molar-refractivity contribution in [2.24, 2.45) is 0 Å². The van der Waals surface area contributed by atoms with Crippen LogP contribution < -0.4 is 9.47 Å².